The van der Waals surface area contributed by atoms with Gasteiger partial charge in [-0.1, -0.05) is 11.6 Å². The van der Waals surface area contributed by atoms with E-state index in [-0.39, 0.29) is 6.61 Å². The minimum atomic E-state index is -2.95. The van der Waals surface area contributed by atoms with Crippen molar-refractivity contribution in [2.24, 2.45) is 0 Å². The fourth-order valence-corrected chi connectivity index (χ4v) is 1.15. The van der Waals surface area contributed by atoms with Crippen LogP contribution in [0.15, 0.2) is 12.1 Å². The molecule has 0 saturated carbocycles. The third kappa shape index (κ3) is 3.32. The molecule has 0 bridgehead atoms. The van der Waals surface area contributed by atoms with Gasteiger partial charge in [-0.3, -0.25) is 4.57 Å². The zero-order valence-electron chi connectivity index (χ0n) is 6.53. The van der Waals surface area contributed by atoms with Crippen molar-refractivity contribution in [1.29, 1.82) is 0 Å². The second-order valence-electron chi connectivity index (χ2n) is 2.22. The van der Waals surface area contributed by atoms with Gasteiger partial charge in [-0.25, -0.2) is 4.98 Å². The van der Waals surface area contributed by atoms with Crippen LogP contribution in [0.2, 0.25) is 5.02 Å². The highest BCUT2D eigenvalue weighted by molar-refractivity contribution is 7.32. The fraction of sp³-hybridized carbons (Fsp3) is 0.167. The molecule has 0 amide bonds. The van der Waals surface area contributed by atoms with E-state index < -0.39 is 8.25 Å². The summed E-state index contributed by atoms with van der Waals surface area (Å²) in [5, 5.41) is 0.359. The Balaban J connectivity index is 2.75. The Hall–Kier alpha value is -0.610. The average Bonchev–Trinajstić information content (AvgIpc) is 2.06. The molecule has 1 atom stereocenters. The Morgan fingerprint density at radius 3 is 3.00 bits per heavy atom. The minimum Gasteiger partial charge on any atom is -0.384 e. The summed E-state index contributed by atoms with van der Waals surface area (Å²) in [4.78, 5) is 12.2. The predicted octanol–water partition coefficient (Wildman–Crippen LogP) is 1.22. The van der Waals surface area contributed by atoms with Gasteiger partial charge in [0.05, 0.1) is 17.3 Å². The van der Waals surface area contributed by atoms with Gasteiger partial charge in [0.2, 0.25) is 0 Å². The van der Waals surface area contributed by atoms with Crippen molar-refractivity contribution in [3.8, 4) is 0 Å². The Morgan fingerprint density at radius 1 is 1.69 bits per heavy atom. The molecule has 1 heterocycles. The number of nitrogens with two attached hydrogens (primary N) is 1. The summed E-state index contributed by atoms with van der Waals surface area (Å²) in [6.07, 6.45) is 0. The summed E-state index contributed by atoms with van der Waals surface area (Å²) in [5.74, 6) is 0.292. The van der Waals surface area contributed by atoms with Crippen LogP contribution < -0.4 is 5.73 Å². The maximum Gasteiger partial charge on any atom is 0.316 e. The summed E-state index contributed by atoms with van der Waals surface area (Å²) < 4.78 is 14.7. The van der Waals surface area contributed by atoms with Crippen molar-refractivity contribution in [3.63, 3.8) is 0 Å². The molecular formula is C6H8ClN2O3P. The van der Waals surface area contributed by atoms with Crippen LogP contribution in [0.25, 0.3) is 0 Å². The van der Waals surface area contributed by atoms with Crippen LogP contribution in [0.3, 0.4) is 0 Å². The SMILES string of the molecule is Nc1ccc(Cl)c(CO[PH](=O)O)n1. The number of hydrogen-bond donors (Lipinski definition) is 2. The van der Waals surface area contributed by atoms with Crippen molar-refractivity contribution >= 4 is 25.7 Å². The highest BCUT2D eigenvalue weighted by atomic mass is 35.5. The van der Waals surface area contributed by atoms with Crippen LogP contribution in [0.4, 0.5) is 5.82 Å². The van der Waals surface area contributed by atoms with Crippen LogP contribution in [0.1, 0.15) is 5.69 Å². The predicted molar refractivity (Wildman–Crippen MR) is 49.7 cm³/mol. The number of nitrogens with zero attached hydrogens (tertiary/aromatic N) is 1. The zero-order valence-corrected chi connectivity index (χ0v) is 8.28. The Bertz CT molecular complexity index is 334. The molecule has 0 spiro atoms. The van der Waals surface area contributed by atoms with E-state index in [0.29, 0.717) is 16.5 Å². The first-order valence-electron chi connectivity index (χ1n) is 3.36. The van der Waals surface area contributed by atoms with Gasteiger partial charge in [-0.05, 0) is 12.1 Å². The van der Waals surface area contributed by atoms with E-state index in [1.54, 1.807) is 6.07 Å². The second-order valence-corrected chi connectivity index (χ2v) is 3.45. The Kier molecular flexibility index (Phi) is 3.69. The van der Waals surface area contributed by atoms with E-state index in [1.807, 2.05) is 0 Å². The Labute approximate surface area is 80.4 Å². The molecule has 0 aromatic carbocycles. The third-order valence-electron chi connectivity index (χ3n) is 1.27. The third-order valence-corrected chi connectivity index (χ3v) is 2.01. The van der Waals surface area contributed by atoms with E-state index >= 15 is 0 Å². The number of hydrogen-bond acceptors (Lipinski definition) is 4. The molecule has 0 fully saturated rings. The minimum absolute atomic E-state index is 0.113. The van der Waals surface area contributed by atoms with Gasteiger partial charge in [-0.15, -0.1) is 0 Å². The summed E-state index contributed by atoms with van der Waals surface area (Å²) in [6.45, 7) is -0.113. The fourth-order valence-electron chi connectivity index (χ4n) is 0.733. The molecular weight excluding hydrogens is 215 g/mol. The summed E-state index contributed by atoms with van der Waals surface area (Å²) >= 11 is 5.71. The molecule has 13 heavy (non-hydrogen) atoms. The zero-order chi connectivity index (χ0) is 9.84. The normalized spacial score (nSPS) is 12.8. The molecule has 0 aliphatic rings. The molecule has 72 valence electrons. The number of halogens is 1. The highest BCUT2D eigenvalue weighted by Crippen LogP contribution is 2.21. The first kappa shape index (κ1) is 10.5. The maximum atomic E-state index is 10.2. The summed E-state index contributed by atoms with van der Waals surface area (Å²) in [6, 6.07) is 3.09. The summed E-state index contributed by atoms with van der Waals surface area (Å²) in [7, 11) is -2.95. The number of rotatable bonds is 3. The van der Waals surface area contributed by atoms with Crippen molar-refractivity contribution < 1.29 is 14.0 Å². The van der Waals surface area contributed by atoms with Crippen molar-refractivity contribution in [2.45, 2.75) is 6.61 Å². The van der Waals surface area contributed by atoms with Gasteiger partial charge >= 0.3 is 8.25 Å². The largest absolute Gasteiger partial charge is 0.384 e. The molecule has 3 N–H and O–H groups in total. The second kappa shape index (κ2) is 4.58. The topological polar surface area (TPSA) is 85.4 Å². The van der Waals surface area contributed by atoms with Crippen LogP contribution in [0, 0.1) is 0 Å². The van der Waals surface area contributed by atoms with Gasteiger partial charge in [0, 0.05) is 0 Å². The number of nitrogen functional groups attached to an aromatic ring is 1. The first-order valence-corrected chi connectivity index (χ1v) is 5.00. The van der Waals surface area contributed by atoms with Crippen molar-refractivity contribution in [2.75, 3.05) is 5.73 Å². The number of aromatic nitrogens is 1. The monoisotopic (exact) mass is 222 g/mol. The van der Waals surface area contributed by atoms with E-state index in [4.69, 9.17) is 22.2 Å². The van der Waals surface area contributed by atoms with Gasteiger partial charge in [0.25, 0.3) is 0 Å². The van der Waals surface area contributed by atoms with E-state index in [0.717, 1.165) is 0 Å². The highest BCUT2D eigenvalue weighted by Gasteiger charge is 2.03. The molecule has 1 aromatic rings. The van der Waals surface area contributed by atoms with E-state index in [1.165, 1.54) is 6.07 Å². The van der Waals surface area contributed by atoms with Gasteiger partial charge in [0.15, 0.2) is 0 Å². The molecule has 0 aliphatic carbocycles. The van der Waals surface area contributed by atoms with Crippen LogP contribution in [-0.2, 0) is 15.7 Å². The van der Waals surface area contributed by atoms with Gasteiger partial charge in [-0.2, -0.15) is 0 Å². The van der Waals surface area contributed by atoms with Crippen LogP contribution in [0.5, 0.6) is 0 Å². The quantitative estimate of drug-likeness (QED) is 0.751. The maximum absolute atomic E-state index is 10.2. The molecule has 0 aliphatic heterocycles. The molecule has 0 radical (unpaired) electrons. The van der Waals surface area contributed by atoms with Crippen molar-refractivity contribution in [1.82, 2.24) is 4.98 Å². The van der Waals surface area contributed by atoms with Crippen molar-refractivity contribution in [3.05, 3.63) is 22.8 Å². The lowest BCUT2D eigenvalue weighted by Crippen LogP contribution is -1.97. The standard InChI is InChI=1S/C6H8ClN2O3P/c7-4-1-2-6(8)9-5(4)3-12-13(10)11/h1-2,13H,3H2,(H2,8,9)(H,10,11). The lowest BCUT2D eigenvalue weighted by Gasteiger charge is -2.02. The average molecular weight is 223 g/mol. The molecule has 7 heteroatoms. The summed E-state index contributed by atoms with van der Waals surface area (Å²) in [5.41, 5.74) is 5.73. The smallest absolute Gasteiger partial charge is 0.316 e. The van der Waals surface area contributed by atoms with E-state index in [2.05, 4.69) is 9.51 Å². The molecule has 5 nitrogen and oxygen atoms in total. The molecule has 1 aromatic heterocycles. The lowest BCUT2D eigenvalue weighted by atomic mass is 10.3. The molecule has 1 rings (SSSR count). The lowest BCUT2D eigenvalue weighted by molar-refractivity contribution is 0.269. The first-order chi connectivity index (χ1) is 6.09. The van der Waals surface area contributed by atoms with Crippen LogP contribution in [-0.4, -0.2) is 9.88 Å². The Morgan fingerprint density at radius 2 is 2.38 bits per heavy atom. The van der Waals surface area contributed by atoms with Gasteiger partial charge < -0.3 is 15.2 Å². The number of pyridine rings is 1. The van der Waals surface area contributed by atoms with Crippen LogP contribution >= 0.6 is 19.9 Å². The van der Waals surface area contributed by atoms with Gasteiger partial charge in [0.1, 0.15) is 5.82 Å². The molecule has 1 unspecified atom stereocenters. The van der Waals surface area contributed by atoms with E-state index in [9.17, 15) is 4.57 Å². The number of anilines is 1. The molecule has 0 saturated heterocycles.